The molecule has 8 heteroatoms. The minimum absolute atomic E-state index is 0. The smallest absolute Gasteiger partial charge is 0.260 e. The van der Waals surface area contributed by atoms with E-state index < -0.39 is 0 Å². The zero-order chi connectivity index (χ0) is 21.0. The minimum atomic E-state index is -0.0750. The summed E-state index contributed by atoms with van der Waals surface area (Å²) < 4.78 is 12.0. The molecule has 0 saturated heterocycles. The van der Waals surface area contributed by atoms with Gasteiger partial charge in [0.05, 0.1) is 23.4 Å². The number of carbonyl (C=O) groups excluding carboxylic acids is 1. The number of fused-ring (bicyclic) bond motifs is 1. The van der Waals surface area contributed by atoms with Crippen LogP contribution in [0.15, 0.2) is 42.5 Å². The van der Waals surface area contributed by atoms with Crippen LogP contribution in [0.4, 0.5) is 5.13 Å². The van der Waals surface area contributed by atoms with Gasteiger partial charge in [0.25, 0.3) is 5.91 Å². The number of ether oxygens (including phenoxy) is 2. The van der Waals surface area contributed by atoms with Crippen LogP contribution in [-0.4, -0.2) is 56.2 Å². The molecular weight excluding hydrogens is 422 g/mol. The highest BCUT2D eigenvalue weighted by Crippen LogP contribution is 2.32. The summed E-state index contributed by atoms with van der Waals surface area (Å²) in [4.78, 5) is 21.8. The van der Waals surface area contributed by atoms with E-state index in [0.717, 1.165) is 28.3 Å². The molecule has 1 amide bonds. The summed E-state index contributed by atoms with van der Waals surface area (Å²) in [7, 11) is 5.61. The first-order valence-corrected chi connectivity index (χ1v) is 10.4. The van der Waals surface area contributed by atoms with Crippen LogP contribution in [0.5, 0.6) is 11.5 Å². The molecule has 0 saturated carbocycles. The summed E-state index contributed by atoms with van der Waals surface area (Å²) in [6.07, 6.45) is 0.0906. The Hall–Kier alpha value is -2.35. The first kappa shape index (κ1) is 23.9. The molecule has 0 fully saturated rings. The molecule has 0 spiro atoms. The molecule has 2 aromatic carbocycles. The lowest BCUT2D eigenvalue weighted by Gasteiger charge is -2.22. The molecule has 0 aliphatic heterocycles. The van der Waals surface area contributed by atoms with E-state index in [0.29, 0.717) is 17.2 Å². The van der Waals surface area contributed by atoms with Crippen molar-refractivity contribution in [2.24, 2.45) is 0 Å². The summed E-state index contributed by atoms with van der Waals surface area (Å²) in [5.41, 5.74) is 1.43. The van der Waals surface area contributed by atoms with Crippen molar-refractivity contribution < 1.29 is 14.3 Å². The Kier molecular flexibility index (Phi) is 8.46. The van der Waals surface area contributed by atoms with Crippen LogP contribution in [0.3, 0.4) is 0 Å². The number of thiazole rings is 1. The number of hydrogen-bond acceptors (Lipinski definition) is 6. The molecule has 0 N–H and O–H groups in total. The Morgan fingerprint density at radius 1 is 1.07 bits per heavy atom. The number of rotatable bonds is 8. The van der Waals surface area contributed by atoms with Gasteiger partial charge in [0, 0.05) is 24.7 Å². The van der Waals surface area contributed by atoms with E-state index in [-0.39, 0.29) is 24.4 Å². The number of halogens is 1. The van der Waals surface area contributed by atoms with E-state index in [9.17, 15) is 4.79 Å². The minimum Gasteiger partial charge on any atom is -0.497 e. The van der Waals surface area contributed by atoms with Gasteiger partial charge >= 0.3 is 0 Å². The van der Waals surface area contributed by atoms with Gasteiger partial charge in [0.1, 0.15) is 11.5 Å². The van der Waals surface area contributed by atoms with Gasteiger partial charge in [-0.15, -0.1) is 12.4 Å². The maximum Gasteiger partial charge on any atom is 0.260 e. The second kappa shape index (κ2) is 10.6. The molecule has 3 aromatic rings. The molecule has 6 nitrogen and oxygen atoms in total. The second-order valence-corrected chi connectivity index (χ2v) is 8.29. The number of methoxy groups -OCH3 is 1. The highest BCUT2D eigenvalue weighted by Gasteiger charge is 2.21. The van der Waals surface area contributed by atoms with Crippen molar-refractivity contribution in [2.75, 3.05) is 39.2 Å². The van der Waals surface area contributed by atoms with Gasteiger partial charge in [-0.05, 0) is 64.3 Å². The molecule has 0 atom stereocenters. The average Bonchev–Trinajstić information content (AvgIpc) is 3.10. The van der Waals surface area contributed by atoms with Gasteiger partial charge in [-0.25, -0.2) is 4.98 Å². The van der Waals surface area contributed by atoms with Gasteiger partial charge in [-0.3, -0.25) is 9.69 Å². The summed E-state index contributed by atoms with van der Waals surface area (Å²) >= 11 is 1.51. The molecule has 0 bridgehead atoms. The van der Waals surface area contributed by atoms with E-state index in [2.05, 4.69) is 4.90 Å². The highest BCUT2D eigenvalue weighted by molar-refractivity contribution is 7.22. The summed E-state index contributed by atoms with van der Waals surface area (Å²) in [5, 5.41) is 0.683. The predicted molar refractivity (Wildman–Crippen MR) is 126 cm³/mol. The fourth-order valence-corrected chi connectivity index (χ4v) is 3.80. The fourth-order valence-electron chi connectivity index (χ4n) is 2.83. The van der Waals surface area contributed by atoms with Crippen LogP contribution >= 0.6 is 23.7 Å². The van der Waals surface area contributed by atoms with Crippen molar-refractivity contribution in [2.45, 2.75) is 20.0 Å². The molecule has 0 aliphatic rings. The van der Waals surface area contributed by atoms with Crippen molar-refractivity contribution in [1.29, 1.82) is 0 Å². The topological polar surface area (TPSA) is 54.9 Å². The molecule has 0 aliphatic carbocycles. The third kappa shape index (κ3) is 5.84. The molecular formula is C22H28ClN3O3S. The predicted octanol–water partition coefficient (Wildman–Crippen LogP) is 4.72. The zero-order valence-electron chi connectivity index (χ0n) is 17.9. The van der Waals surface area contributed by atoms with Crippen molar-refractivity contribution in [3.63, 3.8) is 0 Å². The van der Waals surface area contributed by atoms with E-state index in [4.69, 9.17) is 14.5 Å². The van der Waals surface area contributed by atoms with Gasteiger partial charge < -0.3 is 14.4 Å². The second-order valence-electron chi connectivity index (χ2n) is 7.28. The van der Waals surface area contributed by atoms with E-state index in [1.54, 1.807) is 24.1 Å². The van der Waals surface area contributed by atoms with E-state index in [1.807, 2.05) is 58.3 Å². The average molecular weight is 450 g/mol. The highest BCUT2D eigenvalue weighted by atomic mass is 35.5. The number of likely N-dealkylation sites (N-methyl/N-ethyl adjacent to an activating group) is 1. The number of hydrogen-bond donors (Lipinski definition) is 0. The fraction of sp³-hybridized carbons (Fsp3) is 0.364. The lowest BCUT2D eigenvalue weighted by Crippen LogP contribution is -2.36. The van der Waals surface area contributed by atoms with Crippen molar-refractivity contribution in [1.82, 2.24) is 9.88 Å². The zero-order valence-corrected chi connectivity index (χ0v) is 19.5. The Balaban J connectivity index is 0.00000320. The lowest BCUT2D eigenvalue weighted by molar-refractivity contribution is 0.0985. The molecule has 0 radical (unpaired) electrons. The molecule has 1 heterocycles. The molecule has 3 rings (SSSR count). The van der Waals surface area contributed by atoms with Gasteiger partial charge in [-0.1, -0.05) is 11.3 Å². The Bertz CT molecular complexity index is 973. The Morgan fingerprint density at radius 3 is 2.33 bits per heavy atom. The number of carbonyl (C=O) groups is 1. The molecule has 162 valence electrons. The maximum atomic E-state index is 13.3. The first-order chi connectivity index (χ1) is 13.9. The number of nitrogens with zero attached hydrogens (tertiary/aromatic N) is 3. The van der Waals surface area contributed by atoms with Crippen LogP contribution in [0, 0.1) is 0 Å². The van der Waals surface area contributed by atoms with Gasteiger partial charge in [-0.2, -0.15) is 0 Å². The van der Waals surface area contributed by atoms with Crippen LogP contribution in [0.2, 0.25) is 0 Å². The van der Waals surface area contributed by atoms with Crippen LogP contribution in [0.1, 0.15) is 24.2 Å². The van der Waals surface area contributed by atoms with Gasteiger partial charge in [0.2, 0.25) is 0 Å². The number of amides is 1. The third-order valence-corrected chi connectivity index (χ3v) is 5.36. The first-order valence-electron chi connectivity index (χ1n) is 9.55. The Labute approximate surface area is 187 Å². The maximum absolute atomic E-state index is 13.3. The Morgan fingerprint density at radius 2 is 1.73 bits per heavy atom. The SMILES string of the molecule is COc1ccc2sc(N(CCN(C)C)C(=O)c3ccc(OC(C)C)cc3)nc2c1.Cl. The van der Waals surface area contributed by atoms with Crippen LogP contribution in [0.25, 0.3) is 10.2 Å². The van der Waals surface area contributed by atoms with Crippen molar-refractivity contribution in [3.8, 4) is 11.5 Å². The normalized spacial score (nSPS) is 10.9. The van der Waals surface area contributed by atoms with Crippen LogP contribution < -0.4 is 14.4 Å². The number of anilines is 1. The summed E-state index contributed by atoms with van der Waals surface area (Å²) in [6, 6.07) is 13.0. The largest absolute Gasteiger partial charge is 0.497 e. The third-order valence-electron chi connectivity index (χ3n) is 4.30. The van der Waals surface area contributed by atoms with E-state index >= 15 is 0 Å². The number of aromatic nitrogens is 1. The van der Waals surface area contributed by atoms with Crippen LogP contribution in [-0.2, 0) is 0 Å². The molecule has 0 unspecified atom stereocenters. The quantitative estimate of drug-likeness (QED) is 0.498. The van der Waals surface area contributed by atoms with Crippen molar-refractivity contribution >= 4 is 45.0 Å². The van der Waals surface area contributed by atoms with E-state index in [1.165, 1.54) is 11.3 Å². The standard InChI is InChI=1S/C22H27N3O3S.ClH/c1-15(2)28-17-8-6-16(7-9-17)21(26)25(13-12-24(3)4)22-23-19-14-18(27-5)10-11-20(19)29-22;/h6-11,14-15H,12-13H2,1-5H3;1H. The van der Waals surface area contributed by atoms with Gasteiger partial charge in [0.15, 0.2) is 5.13 Å². The van der Waals surface area contributed by atoms with Crippen molar-refractivity contribution in [3.05, 3.63) is 48.0 Å². The molecule has 30 heavy (non-hydrogen) atoms. The lowest BCUT2D eigenvalue weighted by atomic mass is 10.2. The summed E-state index contributed by atoms with van der Waals surface area (Å²) in [5.74, 6) is 1.43. The monoisotopic (exact) mass is 449 g/mol. The molecule has 1 aromatic heterocycles. The number of benzene rings is 2. The summed E-state index contributed by atoms with van der Waals surface area (Å²) in [6.45, 7) is 5.24.